The number of rotatable bonds is 6. The molecule has 5 heteroatoms. The molecule has 5 rings (SSSR count). The van der Waals surface area contributed by atoms with Gasteiger partial charge in [-0.1, -0.05) is 101 Å². The molecule has 35 heavy (non-hydrogen) atoms. The lowest BCUT2D eigenvalue weighted by atomic mass is 10.0. The van der Waals surface area contributed by atoms with E-state index in [1.807, 2.05) is 91.0 Å². The Morgan fingerprint density at radius 3 is 2.17 bits per heavy atom. The average Bonchev–Trinajstić information content (AvgIpc) is 2.91. The van der Waals surface area contributed by atoms with Crippen molar-refractivity contribution in [2.24, 2.45) is 0 Å². The van der Waals surface area contributed by atoms with E-state index in [-0.39, 0.29) is 12.4 Å². The zero-order valence-corrected chi connectivity index (χ0v) is 20.2. The molecule has 0 radical (unpaired) electrons. The second kappa shape index (κ2) is 10.0. The Morgan fingerprint density at radius 2 is 1.40 bits per heavy atom. The molecule has 5 aromatic rings. The highest BCUT2D eigenvalue weighted by Crippen LogP contribution is 2.27. The summed E-state index contributed by atoms with van der Waals surface area (Å²) in [6.45, 7) is -0.341. The minimum absolute atomic E-state index is 0.261. The monoisotopic (exact) mass is 521 g/mol. The highest BCUT2D eigenvalue weighted by molar-refractivity contribution is 9.10. The van der Waals surface area contributed by atoms with Crippen LogP contribution < -0.4 is 0 Å². The molecule has 0 saturated carbocycles. The summed E-state index contributed by atoms with van der Waals surface area (Å²) in [6.07, 6.45) is 0. The Bertz CT molecular complexity index is 1530. The van der Waals surface area contributed by atoms with Crippen molar-refractivity contribution < 1.29 is 14.3 Å². The molecule has 0 N–H and O–H groups in total. The van der Waals surface area contributed by atoms with E-state index in [4.69, 9.17) is 9.72 Å². The maximum Gasteiger partial charge on any atom is 0.339 e. The van der Waals surface area contributed by atoms with Gasteiger partial charge in [0.15, 0.2) is 12.4 Å². The molecule has 4 nitrogen and oxygen atoms in total. The Labute approximate surface area is 211 Å². The summed E-state index contributed by atoms with van der Waals surface area (Å²) in [4.78, 5) is 30.5. The molecular formula is C30H20BrNO3. The predicted octanol–water partition coefficient (Wildman–Crippen LogP) is 7.37. The van der Waals surface area contributed by atoms with Crippen LogP contribution in [0.25, 0.3) is 33.3 Å². The smallest absolute Gasteiger partial charge is 0.339 e. The Kier molecular flexibility index (Phi) is 6.51. The van der Waals surface area contributed by atoms with E-state index in [0.717, 1.165) is 21.2 Å². The maximum atomic E-state index is 13.1. The van der Waals surface area contributed by atoms with Crippen LogP contribution in [0.5, 0.6) is 0 Å². The van der Waals surface area contributed by atoms with Crippen molar-refractivity contribution in [2.75, 3.05) is 6.61 Å². The number of fused-ring (bicyclic) bond motifs is 1. The van der Waals surface area contributed by atoms with Gasteiger partial charge in [0.2, 0.25) is 0 Å². The van der Waals surface area contributed by atoms with Gasteiger partial charge in [0.25, 0.3) is 0 Å². The highest BCUT2D eigenvalue weighted by atomic mass is 79.9. The first-order valence-electron chi connectivity index (χ1n) is 11.1. The second-order valence-electron chi connectivity index (χ2n) is 8.03. The second-order valence-corrected chi connectivity index (χ2v) is 8.94. The van der Waals surface area contributed by atoms with Crippen molar-refractivity contribution in [2.45, 2.75) is 0 Å². The van der Waals surface area contributed by atoms with Crippen LogP contribution in [0.3, 0.4) is 0 Å². The third-order valence-corrected chi connectivity index (χ3v) is 6.20. The number of Topliss-reactive ketones (excluding diaryl/α,β-unsaturated/α-hetero) is 1. The van der Waals surface area contributed by atoms with Gasteiger partial charge < -0.3 is 4.74 Å². The number of carbonyl (C=O) groups excluding carboxylic acids is 2. The molecule has 0 aliphatic rings. The quantitative estimate of drug-likeness (QED) is 0.173. The number of ether oxygens (including phenoxy) is 1. The lowest BCUT2D eigenvalue weighted by Crippen LogP contribution is -2.15. The van der Waals surface area contributed by atoms with E-state index in [9.17, 15) is 9.59 Å². The largest absolute Gasteiger partial charge is 0.454 e. The molecule has 0 aliphatic heterocycles. The van der Waals surface area contributed by atoms with Crippen molar-refractivity contribution in [3.05, 3.63) is 125 Å². The third-order valence-electron chi connectivity index (χ3n) is 5.70. The number of nitrogens with zero attached hydrogens (tertiary/aromatic N) is 1. The van der Waals surface area contributed by atoms with E-state index in [0.29, 0.717) is 27.7 Å². The van der Waals surface area contributed by atoms with Crippen LogP contribution in [0.2, 0.25) is 0 Å². The van der Waals surface area contributed by atoms with Gasteiger partial charge >= 0.3 is 5.97 Å². The molecule has 4 aromatic carbocycles. The SMILES string of the molecule is O=C(COC(=O)c1cc(-c2cccc(Br)c2)nc2ccccc12)c1ccc(-c2ccccc2)cc1. The number of hydrogen-bond donors (Lipinski definition) is 0. The summed E-state index contributed by atoms with van der Waals surface area (Å²) in [5.41, 5.74) is 5.16. The summed E-state index contributed by atoms with van der Waals surface area (Å²) >= 11 is 3.48. The van der Waals surface area contributed by atoms with E-state index in [1.54, 1.807) is 18.2 Å². The van der Waals surface area contributed by atoms with Crippen LogP contribution >= 0.6 is 15.9 Å². The van der Waals surface area contributed by atoms with Crippen LogP contribution in [0.4, 0.5) is 0 Å². The van der Waals surface area contributed by atoms with Gasteiger partial charge in [-0.2, -0.15) is 0 Å². The minimum atomic E-state index is -0.561. The van der Waals surface area contributed by atoms with Gasteiger partial charge in [0.05, 0.1) is 16.8 Å². The molecule has 170 valence electrons. The van der Waals surface area contributed by atoms with Gasteiger partial charge in [-0.3, -0.25) is 4.79 Å². The van der Waals surface area contributed by atoms with Crippen LogP contribution in [-0.2, 0) is 4.74 Å². The molecule has 0 spiro atoms. The van der Waals surface area contributed by atoms with E-state index < -0.39 is 5.97 Å². The predicted molar refractivity (Wildman–Crippen MR) is 141 cm³/mol. The number of carbonyl (C=O) groups is 2. The molecule has 0 saturated heterocycles. The van der Waals surface area contributed by atoms with Crippen molar-refractivity contribution >= 4 is 38.6 Å². The Morgan fingerprint density at radius 1 is 0.714 bits per heavy atom. The van der Waals surface area contributed by atoms with E-state index in [1.165, 1.54) is 0 Å². The lowest BCUT2D eigenvalue weighted by Gasteiger charge is -2.10. The molecular weight excluding hydrogens is 502 g/mol. The van der Waals surface area contributed by atoms with Crippen LogP contribution in [0.1, 0.15) is 20.7 Å². The summed E-state index contributed by atoms with van der Waals surface area (Å²) < 4.78 is 6.37. The fourth-order valence-corrected chi connectivity index (χ4v) is 4.31. The first-order chi connectivity index (χ1) is 17.1. The molecule has 1 aromatic heterocycles. The zero-order chi connectivity index (χ0) is 24.2. The molecule has 0 amide bonds. The first-order valence-corrected chi connectivity index (χ1v) is 11.9. The molecule has 0 fully saturated rings. The molecule has 0 atom stereocenters. The number of ketones is 1. The number of halogens is 1. The highest BCUT2D eigenvalue weighted by Gasteiger charge is 2.17. The number of aromatic nitrogens is 1. The normalized spacial score (nSPS) is 10.8. The minimum Gasteiger partial charge on any atom is -0.454 e. The number of pyridine rings is 1. The fourth-order valence-electron chi connectivity index (χ4n) is 3.91. The average molecular weight is 522 g/mol. The molecule has 0 unspecified atom stereocenters. The number of esters is 1. The standard InChI is InChI=1S/C30H20BrNO3/c31-24-10-6-9-23(17-24)28-18-26(25-11-4-5-12-27(25)32-28)30(34)35-19-29(33)22-15-13-21(14-16-22)20-7-2-1-3-8-20/h1-18H,19H2. The summed E-state index contributed by atoms with van der Waals surface area (Å²) in [5.74, 6) is -0.822. The number of hydrogen-bond acceptors (Lipinski definition) is 4. The van der Waals surface area contributed by atoms with Crippen LogP contribution in [-0.4, -0.2) is 23.3 Å². The fraction of sp³-hybridized carbons (Fsp3) is 0.0333. The molecule has 0 aliphatic carbocycles. The van der Waals surface area contributed by atoms with Crippen molar-refractivity contribution in [1.29, 1.82) is 0 Å². The number of para-hydroxylation sites is 1. The van der Waals surface area contributed by atoms with Crippen LogP contribution in [0, 0.1) is 0 Å². The van der Waals surface area contributed by atoms with Crippen molar-refractivity contribution in [3.8, 4) is 22.4 Å². The topological polar surface area (TPSA) is 56.3 Å². The Hall–Kier alpha value is -4.09. The maximum absolute atomic E-state index is 13.1. The van der Waals surface area contributed by atoms with Crippen molar-refractivity contribution in [1.82, 2.24) is 4.98 Å². The summed E-state index contributed by atoms with van der Waals surface area (Å²) in [5, 5.41) is 0.677. The van der Waals surface area contributed by atoms with Crippen LogP contribution in [0.15, 0.2) is 114 Å². The number of benzene rings is 4. The zero-order valence-electron chi connectivity index (χ0n) is 18.6. The first kappa shape index (κ1) is 22.7. The van der Waals surface area contributed by atoms with Gasteiger partial charge in [0, 0.05) is 21.0 Å². The molecule has 1 heterocycles. The molecule has 0 bridgehead atoms. The van der Waals surface area contributed by atoms with Crippen molar-refractivity contribution in [3.63, 3.8) is 0 Å². The van der Waals surface area contributed by atoms with E-state index >= 15 is 0 Å². The van der Waals surface area contributed by atoms with E-state index in [2.05, 4.69) is 15.9 Å². The Balaban J connectivity index is 1.36. The third kappa shape index (κ3) is 5.05. The van der Waals surface area contributed by atoms with Gasteiger partial charge in [-0.05, 0) is 35.4 Å². The van der Waals surface area contributed by atoms with Gasteiger partial charge in [0.1, 0.15) is 0 Å². The van der Waals surface area contributed by atoms with Gasteiger partial charge in [-0.15, -0.1) is 0 Å². The lowest BCUT2D eigenvalue weighted by molar-refractivity contribution is 0.0476. The summed E-state index contributed by atoms with van der Waals surface area (Å²) in [6, 6.07) is 34.1. The summed E-state index contributed by atoms with van der Waals surface area (Å²) in [7, 11) is 0. The van der Waals surface area contributed by atoms with Gasteiger partial charge in [-0.25, -0.2) is 9.78 Å².